The van der Waals surface area contributed by atoms with Crippen molar-refractivity contribution < 1.29 is 0 Å². The summed E-state index contributed by atoms with van der Waals surface area (Å²) in [5.41, 5.74) is 4.80. The first kappa shape index (κ1) is 27.6. The van der Waals surface area contributed by atoms with Crippen LogP contribution in [0.4, 0.5) is 0 Å². The quantitative estimate of drug-likeness (QED) is 0.113. The van der Waals surface area contributed by atoms with Gasteiger partial charge in [-0.1, -0.05) is 85.5 Å². The highest BCUT2D eigenvalue weighted by atomic mass is 32.2. The molecule has 5 nitrogen and oxygen atoms in total. The van der Waals surface area contributed by atoms with E-state index < -0.39 is 0 Å². The molecule has 0 saturated heterocycles. The molecule has 2 heterocycles. The number of unbranched alkanes of at least 4 members (excludes halogenated alkanes) is 5. The van der Waals surface area contributed by atoms with E-state index in [1.807, 2.05) is 47.2 Å². The molecule has 4 aromatic rings. The first-order valence-corrected chi connectivity index (χ1v) is 14.5. The zero-order chi connectivity index (χ0) is 26.7. The summed E-state index contributed by atoms with van der Waals surface area (Å²) in [6.07, 6.45) is 12.5. The van der Waals surface area contributed by atoms with E-state index in [0.717, 1.165) is 29.8 Å². The molecule has 0 atom stereocenters. The molecule has 198 valence electrons. The van der Waals surface area contributed by atoms with Gasteiger partial charge in [-0.05, 0) is 55.5 Å². The van der Waals surface area contributed by atoms with Crippen LogP contribution in [-0.2, 0) is 19.9 Å². The SMILES string of the molecule is Cc1ccc(CCCCCCCCSc2nc(=O)c(Cc3ccn(C)c(=O)c3)cn2-c2ccccc2)cc1. The fourth-order valence-corrected chi connectivity index (χ4v) is 5.43. The van der Waals surface area contributed by atoms with Gasteiger partial charge >= 0.3 is 0 Å². The van der Waals surface area contributed by atoms with Crippen molar-refractivity contribution in [1.29, 1.82) is 0 Å². The second kappa shape index (κ2) is 14.0. The van der Waals surface area contributed by atoms with E-state index in [0.29, 0.717) is 17.1 Å². The van der Waals surface area contributed by atoms with Crippen molar-refractivity contribution in [3.63, 3.8) is 0 Å². The van der Waals surface area contributed by atoms with Crippen molar-refractivity contribution in [3.8, 4) is 5.69 Å². The van der Waals surface area contributed by atoms with Gasteiger partial charge in [0.15, 0.2) is 5.16 Å². The molecule has 0 saturated carbocycles. The largest absolute Gasteiger partial charge is 0.319 e. The van der Waals surface area contributed by atoms with Crippen LogP contribution >= 0.6 is 11.8 Å². The molecule has 0 fully saturated rings. The highest BCUT2D eigenvalue weighted by Gasteiger charge is 2.12. The van der Waals surface area contributed by atoms with Crippen LogP contribution in [0.5, 0.6) is 0 Å². The minimum atomic E-state index is -0.228. The number of hydrogen-bond acceptors (Lipinski definition) is 4. The van der Waals surface area contributed by atoms with E-state index in [-0.39, 0.29) is 11.1 Å². The van der Waals surface area contributed by atoms with Gasteiger partial charge in [0.25, 0.3) is 11.1 Å². The summed E-state index contributed by atoms with van der Waals surface area (Å²) < 4.78 is 3.53. The Labute approximate surface area is 229 Å². The second-order valence-electron chi connectivity index (χ2n) is 9.93. The van der Waals surface area contributed by atoms with Gasteiger partial charge in [0.05, 0.1) is 0 Å². The Morgan fingerprint density at radius 2 is 1.53 bits per heavy atom. The van der Waals surface area contributed by atoms with Crippen molar-refractivity contribution >= 4 is 11.8 Å². The van der Waals surface area contributed by atoms with Gasteiger partial charge in [-0.3, -0.25) is 14.2 Å². The highest BCUT2D eigenvalue weighted by molar-refractivity contribution is 7.99. The van der Waals surface area contributed by atoms with E-state index in [1.54, 1.807) is 31.1 Å². The molecule has 0 amide bonds. The molecule has 6 heteroatoms. The monoisotopic (exact) mass is 527 g/mol. The lowest BCUT2D eigenvalue weighted by atomic mass is 10.0. The van der Waals surface area contributed by atoms with Crippen LogP contribution in [0.2, 0.25) is 0 Å². The molecule has 0 aliphatic rings. The van der Waals surface area contributed by atoms with Gasteiger partial charge in [-0.15, -0.1) is 0 Å². The van der Waals surface area contributed by atoms with Gasteiger partial charge in [0.1, 0.15) is 0 Å². The van der Waals surface area contributed by atoms with Crippen LogP contribution in [-0.4, -0.2) is 19.9 Å². The van der Waals surface area contributed by atoms with Crippen LogP contribution < -0.4 is 11.1 Å². The number of rotatable bonds is 13. The van der Waals surface area contributed by atoms with Crippen molar-refractivity contribution in [2.75, 3.05) is 5.75 Å². The van der Waals surface area contributed by atoms with Gasteiger partial charge in [0, 0.05) is 48.9 Å². The average Bonchev–Trinajstić information content (AvgIpc) is 2.92. The van der Waals surface area contributed by atoms with Crippen LogP contribution in [0.15, 0.2) is 93.9 Å². The van der Waals surface area contributed by atoms with E-state index in [1.165, 1.54) is 47.8 Å². The van der Waals surface area contributed by atoms with E-state index in [9.17, 15) is 9.59 Å². The normalized spacial score (nSPS) is 11.1. The molecular weight excluding hydrogens is 490 g/mol. The lowest BCUT2D eigenvalue weighted by Crippen LogP contribution is -2.20. The number of hydrogen-bond donors (Lipinski definition) is 0. The van der Waals surface area contributed by atoms with E-state index >= 15 is 0 Å². The number of benzene rings is 2. The second-order valence-corrected chi connectivity index (χ2v) is 11.0. The minimum Gasteiger partial charge on any atom is -0.319 e. The zero-order valence-electron chi connectivity index (χ0n) is 22.4. The van der Waals surface area contributed by atoms with Gasteiger partial charge < -0.3 is 4.57 Å². The van der Waals surface area contributed by atoms with Crippen molar-refractivity contribution in [1.82, 2.24) is 14.1 Å². The van der Waals surface area contributed by atoms with Crippen LogP contribution in [0.3, 0.4) is 0 Å². The third-order valence-electron chi connectivity index (χ3n) is 6.77. The Hall–Kier alpha value is -3.38. The first-order valence-electron chi connectivity index (χ1n) is 13.5. The van der Waals surface area contributed by atoms with Crippen LogP contribution in [0.25, 0.3) is 5.69 Å². The highest BCUT2D eigenvalue weighted by Crippen LogP contribution is 2.22. The summed E-state index contributed by atoms with van der Waals surface area (Å²) in [5, 5.41) is 0.715. The summed E-state index contributed by atoms with van der Waals surface area (Å²) in [4.78, 5) is 29.4. The van der Waals surface area contributed by atoms with Gasteiger partial charge in [-0.25, -0.2) is 0 Å². The molecule has 0 bridgehead atoms. The number of thioether (sulfide) groups is 1. The third kappa shape index (κ3) is 8.06. The Morgan fingerprint density at radius 1 is 0.816 bits per heavy atom. The van der Waals surface area contributed by atoms with Gasteiger partial charge in [-0.2, -0.15) is 4.98 Å². The number of aromatic nitrogens is 3. The molecule has 2 aromatic heterocycles. The predicted octanol–water partition coefficient (Wildman–Crippen LogP) is 6.51. The Bertz CT molecular complexity index is 1430. The maximum Gasteiger partial charge on any atom is 0.277 e. The molecule has 0 unspecified atom stereocenters. The summed E-state index contributed by atoms with van der Waals surface area (Å²) in [5.74, 6) is 0.927. The molecule has 4 rings (SSSR count). The maximum atomic E-state index is 12.9. The summed E-state index contributed by atoms with van der Waals surface area (Å²) >= 11 is 1.64. The smallest absolute Gasteiger partial charge is 0.277 e. The number of nitrogens with zero attached hydrogens (tertiary/aromatic N) is 3. The number of para-hydroxylation sites is 1. The van der Waals surface area contributed by atoms with Crippen molar-refractivity contribution in [2.45, 2.75) is 63.4 Å². The molecule has 0 N–H and O–H groups in total. The van der Waals surface area contributed by atoms with Crippen LogP contribution in [0, 0.1) is 6.92 Å². The molecule has 0 radical (unpaired) electrons. The third-order valence-corrected chi connectivity index (χ3v) is 7.81. The Kier molecular flexibility index (Phi) is 10.2. The minimum absolute atomic E-state index is 0.0858. The fourth-order valence-electron chi connectivity index (χ4n) is 4.45. The standard InChI is InChI=1S/C32H37N3O2S/c1-25-15-17-26(18-16-25)12-8-5-3-4-6-11-21-38-32-33-31(37)28(22-27-19-20-34(2)30(36)23-27)24-35(32)29-13-9-7-10-14-29/h7,9-10,13-20,23-24H,3-6,8,11-12,21-22H2,1-2H3. The molecule has 2 aromatic carbocycles. The fraction of sp³-hybridized carbons (Fsp3) is 0.344. The maximum absolute atomic E-state index is 12.9. The van der Waals surface area contributed by atoms with E-state index in [4.69, 9.17) is 0 Å². The molecule has 0 spiro atoms. The van der Waals surface area contributed by atoms with Crippen molar-refractivity contribution in [3.05, 3.63) is 122 Å². The molecule has 0 aliphatic carbocycles. The number of aryl methyl sites for hydroxylation is 3. The molecule has 38 heavy (non-hydrogen) atoms. The average molecular weight is 528 g/mol. The van der Waals surface area contributed by atoms with E-state index in [2.05, 4.69) is 36.2 Å². The zero-order valence-corrected chi connectivity index (χ0v) is 23.3. The first-order chi connectivity index (χ1) is 18.5. The topological polar surface area (TPSA) is 56.9 Å². The Balaban J connectivity index is 1.30. The Morgan fingerprint density at radius 3 is 2.26 bits per heavy atom. The summed E-state index contributed by atoms with van der Waals surface area (Å²) in [6.45, 7) is 2.13. The van der Waals surface area contributed by atoms with Crippen molar-refractivity contribution in [2.24, 2.45) is 7.05 Å². The summed E-state index contributed by atoms with van der Waals surface area (Å²) in [6, 6.07) is 22.3. The summed E-state index contributed by atoms with van der Waals surface area (Å²) in [7, 11) is 1.72. The lowest BCUT2D eigenvalue weighted by molar-refractivity contribution is 0.609. The lowest BCUT2D eigenvalue weighted by Gasteiger charge is -2.14. The number of pyridine rings is 1. The van der Waals surface area contributed by atoms with Crippen LogP contribution in [0.1, 0.15) is 60.8 Å². The molecule has 0 aliphatic heterocycles. The predicted molar refractivity (Wildman–Crippen MR) is 158 cm³/mol. The molecular formula is C32H37N3O2S. The van der Waals surface area contributed by atoms with Gasteiger partial charge in [0.2, 0.25) is 0 Å².